The fourth-order valence-electron chi connectivity index (χ4n) is 4.47. The second-order valence-electron chi connectivity index (χ2n) is 8.30. The van der Waals surface area contributed by atoms with Crippen molar-refractivity contribution in [3.05, 3.63) is 108 Å². The molecule has 7 nitrogen and oxygen atoms in total. The van der Waals surface area contributed by atoms with Gasteiger partial charge in [0.05, 0.1) is 6.61 Å². The molecule has 0 bridgehead atoms. The van der Waals surface area contributed by atoms with Crippen LogP contribution < -0.4 is 0 Å². The summed E-state index contributed by atoms with van der Waals surface area (Å²) in [5.41, 5.74) is 1.63. The normalized spacial score (nSPS) is 21.9. The van der Waals surface area contributed by atoms with Crippen molar-refractivity contribution in [2.75, 3.05) is 6.61 Å². The molecule has 182 valence electrons. The summed E-state index contributed by atoms with van der Waals surface area (Å²) in [4.78, 5) is 23.4. The molecule has 1 saturated heterocycles. The van der Waals surface area contributed by atoms with Crippen LogP contribution in [0.3, 0.4) is 0 Å². The number of esters is 2. The first-order valence-electron chi connectivity index (χ1n) is 11.4. The second-order valence-corrected chi connectivity index (χ2v) is 8.30. The number of aliphatic hydroxyl groups is 1. The van der Waals surface area contributed by atoms with Crippen LogP contribution in [0.4, 0.5) is 0 Å². The lowest BCUT2D eigenvalue weighted by Crippen LogP contribution is -2.43. The third kappa shape index (κ3) is 5.27. The molecule has 7 heteroatoms. The molecule has 0 aromatic heterocycles. The lowest BCUT2D eigenvalue weighted by molar-refractivity contribution is -0.174. The van der Waals surface area contributed by atoms with E-state index in [9.17, 15) is 14.7 Å². The summed E-state index contributed by atoms with van der Waals surface area (Å²) in [6.07, 6.45) is -4.54. The molecule has 0 amide bonds. The maximum absolute atomic E-state index is 11.8. The van der Waals surface area contributed by atoms with Crippen molar-refractivity contribution in [2.45, 2.75) is 44.1 Å². The van der Waals surface area contributed by atoms with Crippen LogP contribution in [-0.4, -0.2) is 48.3 Å². The van der Waals surface area contributed by atoms with Gasteiger partial charge in [0.2, 0.25) is 0 Å². The number of benzene rings is 3. The van der Waals surface area contributed by atoms with E-state index >= 15 is 0 Å². The molecule has 1 aliphatic rings. The van der Waals surface area contributed by atoms with E-state index < -0.39 is 42.1 Å². The molecule has 1 heterocycles. The first-order chi connectivity index (χ1) is 16.9. The minimum absolute atomic E-state index is 0.0640. The summed E-state index contributed by atoms with van der Waals surface area (Å²) in [7, 11) is 0. The maximum atomic E-state index is 11.8. The van der Waals surface area contributed by atoms with Crippen LogP contribution in [0, 0.1) is 0 Å². The van der Waals surface area contributed by atoms with E-state index in [0.717, 1.165) is 16.7 Å². The van der Waals surface area contributed by atoms with Crippen LogP contribution in [0.15, 0.2) is 91.0 Å². The van der Waals surface area contributed by atoms with Gasteiger partial charge in [-0.25, -0.2) is 0 Å². The zero-order valence-corrected chi connectivity index (χ0v) is 19.6. The summed E-state index contributed by atoms with van der Waals surface area (Å²) >= 11 is 0. The first-order valence-corrected chi connectivity index (χ1v) is 11.4. The average Bonchev–Trinajstić information content (AvgIpc) is 3.14. The lowest BCUT2D eigenvalue weighted by Gasteiger charge is -2.37. The van der Waals surface area contributed by atoms with Crippen molar-refractivity contribution in [2.24, 2.45) is 0 Å². The molecule has 0 radical (unpaired) electrons. The van der Waals surface area contributed by atoms with Crippen molar-refractivity contribution >= 4 is 11.9 Å². The Bertz CT molecular complexity index is 1020. The molecule has 0 saturated carbocycles. The number of hydrogen-bond acceptors (Lipinski definition) is 7. The topological polar surface area (TPSA) is 91.3 Å². The van der Waals surface area contributed by atoms with Crippen LogP contribution in [0.25, 0.3) is 0 Å². The molecule has 1 fully saturated rings. The molecule has 1 aliphatic heterocycles. The van der Waals surface area contributed by atoms with E-state index in [-0.39, 0.29) is 6.61 Å². The van der Waals surface area contributed by atoms with Gasteiger partial charge in [-0.3, -0.25) is 9.59 Å². The van der Waals surface area contributed by atoms with Crippen LogP contribution in [0.5, 0.6) is 0 Å². The molecular weight excluding hydrogens is 448 g/mol. The molecule has 4 atom stereocenters. The lowest BCUT2D eigenvalue weighted by atomic mass is 9.80. The van der Waals surface area contributed by atoms with Crippen molar-refractivity contribution in [1.82, 2.24) is 0 Å². The van der Waals surface area contributed by atoms with Gasteiger partial charge in [0, 0.05) is 13.8 Å². The zero-order valence-electron chi connectivity index (χ0n) is 19.6. The molecule has 0 aliphatic carbocycles. The van der Waals surface area contributed by atoms with E-state index in [0.29, 0.717) is 0 Å². The van der Waals surface area contributed by atoms with Gasteiger partial charge in [-0.2, -0.15) is 0 Å². The Morgan fingerprint density at radius 1 is 0.743 bits per heavy atom. The third-order valence-electron chi connectivity index (χ3n) is 5.89. The number of aliphatic hydroxyl groups excluding tert-OH is 1. The van der Waals surface area contributed by atoms with Crippen molar-refractivity contribution in [3.63, 3.8) is 0 Å². The third-order valence-corrected chi connectivity index (χ3v) is 5.89. The highest BCUT2D eigenvalue weighted by Crippen LogP contribution is 2.41. The van der Waals surface area contributed by atoms with Crippen molar-refractivity contribution in [3.8, 4) is 0 Å². The van der Waals surface area contributed by atoms with Gasteiger partial charge in [0.15, 0.2) is 18.5 Å². The van der Waals surface area contributed by atoms with Crippen molar-refractivity contribution < 1.29 is 33.6 Å². The number of carbonyl (C=O) groups excluding carboxylic acids is 2. The van der Waals surface area contributed by atoms with Crippen LogP contribution in [-0.2, 0) is 34.1 Å². The minimum Gasteiger partial charge on any atom is -0.455 e. The summed E-state index contributed by atoms with van der Waals surface area (Å²) < 4.78 is 23.0. The second kappa shape index (κ2) is 10.8. The Hall–Kier alpha value is -3.52. The Morgan fingerprint density at radius 2 is 1.14 bits per heavy atom. The zero-order chi connectivity index (χ0) is 24.8. The summed E-state index contributed by atoms with van der Waals surface area (Å²) in [5.74, 6) is -1.21. The number of rotatable bonds is 8. The number of hydrogen-bond donors (Lipinski definition) is 1. The fraction of sp³-hybridized carbons (Fsp3) is 0.286. The molecular formula is C28H28O7. The number of ether oxygens (including phenoxy) is 4. The predicted octanol–water partition coefficient (Wildman–Crippen LogP) is 3.58. The van der Waals surface area contributed by atoms with Gasteiger partial charge in [-0.15, -0.1) is 0 Å². The van der Waals surface area contributed by atoms with Crippen molar-refractivity contribution in [1.29, 1.82) is 0 Å². The average molecular weight is 477 g/mol. The van der Waals surface area contributed by atoms with Crippen LogP contribution >= 0.6 is 0 Å². The molecule has 1 N–H and O–H groups in total. The molecule has 35 heavy (non-hydrogen) atoms. The molecule has 0 spiro atoms. The SMILES string of the molecule is CC(=O)O[C@@H]1[C@H](OC(C)=O)[C@H](O)O[C@@H]1COC(c1ccccc1)(c1ccccc1)c1ccccc1. The summed E-state index contributed by atoms with van der Waals surface area (Å²) in [6, 6.07) is 29.3. The number of carbonyl (C=O) groups is 2. The highest BCUT2D eigenvalue weighted by Gasteiger charge is 2.50. The molecule has 3 aromatic carbocycles. The predicted molar refractivity (Wildman–Crippen MR) is 127 cm³/mol. The van der Waals surface area contributed by atoms with E-state index in [1.54, 1.807) is 0 Å². The van der Waals surface area contributed by atoms with Gasteiger partial charge < -0.3 is 24.1 Å². The van der Waals surface area contributed by atoms with Gasteiger partial charge in [-0.1, -0.05) is 91.0 Å². The van der Waals surface area contributed by atoms with E-state index in [1.807, 2.05) is 91.0 Å². The standard InChI is InChI=1S/C28H28O7/c1-19(29)33-25-24(35-27(31)26(25)34-20(2)30)18-32-28(21-12-6-3-7-13-21,22-14-8-4-9-15-22)23-16-10-5-11-17-23/h3-17,24-27,31H,18H2,1-2H3/t24-,25+,26+,27-/m1/s1. The van der Waals surface area contributed by atoms with E-state index in [2.05, 4.69) is 0 Å². The summed E-state index contributed by atoms with van der Waals surface area (Å²) in [5, 5.41) is 10.4. The summed E-state index contributed by atoms with van der Waals surface area (Å²) in [6.45, 7) is 2.40. The van der Waals surface area contributed by atoms with Crippen LogP contribution in [0.1, 0.15) is 30.5 Å². The molecule has 4 rings (SSSR count). The fourth-order valence-corrected chi connectivity index (χ4v) is 4.47. The van der Waals surface area contributed by atoms with Gasteiger partial charge >= 0.3 is 11.9 Å². The highest BCUT2D eigenvalue weighted by atomic mass is 16.7. The van der Waals surface area contributed by atoms with Gasteiger partial charge in [0.25, 0.3) is 0 Å². The van der Waals surface area contributed by atoms with Crippen LogP contribution in [0.2, 0.25) is 0 Å². The maximum Gasteiger partial charge on any atom is 0.303 e. The smallest absolute Gasteiger partial charge is 0.303 e. The Labute approximate surface area is 204 Å². The van der Waals surface area contributed by atoms with E-state index in [4.69, 9.17) is 18.9 Å². The first kappa shape index (κ1) is 24.6. The molecule has 0 unspecified atom stereocenters. The monoisotopic (exact) mass is 476 g/mol. The minimum atomic E-state index is -1.46. The van der Waals surface area contributed by atoms with Gasteiger partial charge in [0.1, 0.15) is 11.7 Å². The largest absolute Gasteiger partial charge is 0.455 e. The Kier molecular flexibility index (Phi) is 7.60. The highest BCUT2D eigenvalue weighted by molar-refractivity contribution is 5.67. The Morgan fingerprint density at radius 3 is 1.54 bits per heavy atom. The van der Waals surface area contributed by atoms with Gasteiger partial charge in [-0.05, 0) is 16.7 Å². The van der Waals surface area contributed by atoms with E-state index in [1.165, 1.54) is 13.8 Å². The Balaban J connectivity index is 1.75. The quantitative estimate of drug-likeness (QED) is 0.393. The molecule has 3 aromatic rings.